The monoisotopic (exact) mass is 385 g/mol. The normalized spacial score (nSPS) is 33.2. The van der Waals surface area contributed by atoms with Crippen LogP contribution in [0.2, 0.25) is 0 Å². The first-order chi connectivity index (χ1) is 12.3. The molecule has 1 amide bonds. The van der Waals surface area contributed by atoms with Crippen LogP contribution in [0.5, 0.6) is 0 Å². The maximum atomic E-state index is 12.3. The van der Waals surface area contributed by atoms with Crippen molar-refractivity contribution >= 4 is 32.8 Å². The Morgan fingerprint density at radius 1 is 1.50 bits per heavy atom. The van der Waals surface area contributed by atoms with Crippen molar-refractivity contribution in [1.29, 1.82) is 0 Å². The number of rotatable bonds is 2. The molecule has 3 aliphatic rings. The van der Waals surface area contributed by atoms with E-state index >= 15 is 0 Å². The summed E-state index contributed by atoms with van der Waals surface area (Å²) in [7, 11) is 1.55. The maximum absolute atomic E-state index is 12.3. The van der Waals surface area contributed by atoms with Crippen molar-refractivity contribution < 1.29 is 28.6 Å². The van der Waals surface area contributed by atoms with Crippen molar-refractivity contribution in [1.82, 2.24) is 14.9 Å². The Kier molecular flexibility index (Phi) is 4.29. The Morgan fingerprint density at radius 3 is 3.00 bits per heavy atom. The third-order valence-electron chi connectivity index (χ3n) is 4.62. The molecule has 4 rings (SSSR count). The molecule has 4 heterocycles. The fourth-order valence-corrected chi connectivity index (χ4v) is 4.70. The van der Waals surface area contributed by atoms with Crippen molar-refractivity contribution in [3.05, 3.63) is 12.0 Å². The van der Waals surface area contributed by atoms with E-state index in [0.717, 1.165) is 0 Å². The van der Waals surface area contributed by atoms with Crippen LogP contribution in [0.4, 0.5) is 11.5 Å². The second kappa shape index (κ2) is 6.26. The van der Waals surface area contributed by atoms with Crippen LogP contribution in [0.25, 0.3) is 0 Å². The van der Waals surface area contributed by atoms with Crippen LogP contribution in [0, 0.1) is 0 Å². The molecule has 0 bridgehead atoms. The van der Waals surface area contributed by atoms with Crippen LogP contribution < -0.4 is 10.2 Å². The van der Waals surface area contributed by atoms with Crippen LogP contribution >= 0.6 is 7.82 Å². The standard InChI is InChI=1S/C13H21BN5O6P/c1-18(2)12(21)8-7-11(16-4-15-8)19(5-17-7)13-9(20)10-6(24-13)3-23-26(14,22)25-10/h4,6,9-10,13,17,20,22,26H,3,5,14H2,1-2H3/t6?,9?,10-,13?/m1/s1. The van der Waals surface area contributed by atoms with E-state index in [4.69, 9.17) is 13.8 Å². The molecule has 0 spiro atoms. The van der Waals surface area contributed by atoms with E-state index < -0.39 is 32.4 Å². The molecule has 2 saturated heterocycles. The summed E-state index contributed by atoms with van der Waals surface area (Å²) in [6.07, 6.45) is -1.61. The zero-order valence-electron chi connectivity index (χ0n) is 14.6. The fraction of sp³-hybridized carbons (Fsp3) is 0.615. The number of aromatic nitrogens is 2. The van der Waals surface area contributed by atoms with Gasteiger partial charge in [0, 0.05) is 0 Å². The van der Waals surface area contributed by atoms with Crippen molar-refractivity contribution in [3.63, 3.8) is 0 Å². The number of carbonyl (C=O) groups excluding carboxylic acids is 1. The molecule has 0 aliphatic carbocycles. The SMILES string of the molecule is B[PH]1(O)OCC2OC(N3CNc4c(C(=O)N(C)C)ncnc43)C(O)[C@@H]2O1. The Hall–Kier alpha value is -1.56. The molecule has 4 atom stereocenters. The van der Waals surface area contributed by atoms with E-state index in [1.165, 1.54) is 18.8 Å². The molecular formula is C13H21BN5O6P. The van der Waals surface area contributed by atoms with Gasteiger partial charge in [-0.1, -0.05) is 0 Å². The van der Waals surface area contributed by atoms with Gasteiger partial charge in [-0.15, -0.1) is 0 Å². The molecule has 11 nitrogen and oxygen atoms in total. The van der Waals surface area contributed by atoms with Gasteiger partial charge in [-0.3, -0.25) is 0 Å². The van der Waals surface area contributed by atoms with Crippen LogP contribution in [0.15, 0.2) is 6.33 Å². The van der Waals surface area contributed by atoms with E-state index in [0.29, 0.717) is 11.5 Å². The van der Waals surface area contributed by atoms with Crippen LogP contribution in [-0.4, -0.2) is 90.3 Å². The van der Waals surface area contributed by atoms with E-state index in [-0.39, 0.29) is 24.9 Å². The molecule has 3 aliphatic heterocycles. The molecular weight excluding hydrogens is 364 g/mol. The summed E-state index contributed by atoms with van der Waals surface area (Å²) < 4.78 is 16.7. The number of ether oxygens (including phenoxy) is 1. The van der Waals surface area contributed by atoms with Gasteiger partial charge in [0.1, 0.15) is 0 Å². The molecule has 0 saturated carbocycles. The Bertz CT molecular complexity index is 739. The number of aliphatic hydroxyl groups is 1. The first-order valence-electron chi connectivity index (χ1n) is 8.23. The Labute approximate surface area is 151 Å². The number of carbonyl (C=O) groups is 1. The quantitative estimate of drug-likeness (QED) is 0.385. The molecule has 13 heteroatoms. The average Bonchev–Trinajstić information content (AvgIpc) is 3.15. The van der Waals surface area contributed by atoms with Crippen molar-refractivity contribution in [2.45, 2.75) is 24.5 Å². The second-order valence-corrected chi connectivity index (χ2v) is 9.09. The summed E-state index contributed by atoms with van der Waals surface area (Å²) in [5, 5.41) is 13.8. The van der Waals surface area contributed by atoms with E-state index in [9.17, 15) is 14.8 Å². The molecule has 3 N–H and O–H groups in total. The average molecular weight is 385 g/mol. The minimum absolute atomic E-state index is 0.152. The number of nitrogens with zero attached hydrogens (tertiary/aromatic N) is 4. The number of nitrogens with one attached hydrogen (secondary N) is 1. The first kappa shape index (κ1) is 17.8. The molecule has 1 aromatic heterocycles. The van der Waals surface area contributed by atoms with Crippen LogP contribution in [0.1, 0.15) is 10.5 Å². The van der Waals surface area contributed by atoms with Gasteiger partial charge in [-0.2, -0.15) is 0 Å². The van der Waals surface area contributed by atoms with Gasteiger partial charge in [-0.05, 0) is 0 Å². The van der Waals surface area contributed by atoms with Gasteiger partial charge in [0.15, 0.2) is 0 Å². The summed E-state index contributed by atoms with van der Waals surface area (Å²) in [6, 6.07) is 0. The summed E-state index contributed by atoms with van der Waals surface area (Å²) >= 11 is 0. The fourth-order valence-electron chi connectivity index (χ4n) is 3.36. The Morgan fingerprint density at radius 2 is 2.27 bits per heavy atom. The van der Waals surface area contributed by atoms with Crippen LogP contribution in [-0.2, 0) is 13.8 Å². The first-order valence-corrected chi connectivity index (χ1v) is 10.5. The van der Waals surface area contributed by atoms with Gasteiger partial charge >= 0.3 is 150 Å². The van der Waals surface area contributed by atoms with Gasteiger partial charge in [0.25, 0.3) is 0 Å². The van der Waals surface area contributed by atoms with Crippen molar-refractivity contribution in [2.75, 3.05) is 37.6 Å². The zero-order chi connectivity index (χ0) is 18.6. The van der Waals surface area contributed by atoms with Gasteiger partial charge in [0.05, 0.1) is 0 Å². The molecule has 2 fully saturated rings. The molecule has 0 aromatic carbocycles. The van der Waals surface area contributed by atoms with Crippen molar-refractivity contribution in [3.8, 4) is 0 Å². The molecule has 142 valence electrons. The van der Waals surface area contributed by atoms with Gasteiger partial charge < -0.3 is 0 Å². The number of fused-ring (bicyclic) bond motifs is 2. The van der Waals surface area contributed by atoms with E-state index in [1.54, 1.807) is 19.0 Å². The minimum atomic E-state index is -3.25. The molecule has 26 heavy (non-hydrogen) atoms. The summed E-state index contributed by atoms with van der Waals surface area (Å²) in [5.41, 5.74) is 0.748. The van der Waals surface area contributed by atoms with Gasteiger partial charge in [-0.25, -0.2) is 0 Å². The van der Waals surface area contributed by atoms with Crippen molar-refractivity contribution in [2.24, 2.45) is 0 Å². The number of hydrogen-bond donors (Lipinski definition) is 3. The van der Waals surface area contributed by atoms with Crippen LogP contribution in [0.3, 0.4) is 0 Å². The summed E-state index contributed by atoms with van der Waals surface area (Å²) in [4.78, 5) is 33.8. The summed E-state index contributed by atoms with van der Waals surface area (Å²) in [6.45, 7) is 0.442. The number of anilines is 2. The third-order valence-corrected chi connectivity index (χ3v) is 6.03. The van der Waals surface area contributed by atoms with E-state index in [2.05, 4.69) is 15.3 Å². The summed E-state index contributed by atoms with van der Waals surface area (Å²) in [5.74, 6) is 0.219. The zero-order valence-corrected chi connectivity index (χ0v) is 15.6. The third kappa shape index (κ3) is 2.83. The number of aliphatic hydroxyl groups excluding tert-OH is 1. The molecule has 1 aromatic rings. The van der Waals surface area contributed by atoms with Gasteiger partial charge in [0.2, 0.25) is 0 Å². The predicted molar refractivity (Wildman–Crippen MR) is 95.6 cm³/mol. The topological polar surface area (TPSA) is 130 Å². The molecule has 0 radical (unpaired) electrons. The Balaban J connectivity index is 1.61. The number of hydrogen-bond acceptors (Lipinski definition) is 10. The number of amides is 1. The predicted octanol–water partition coefficient (Wildman–Crippen LogP) is -2.10. The molecule has 3 unspecified atom stereocenters. The van der Waals surface area contributed by atoms with E-state index in [1.807, 2.05) is 0 Å². The second-order valence-electron chi connectivity index (χ2n) is 6.77.